The van der Waals surface area contributed by atoms with Crippen LogP contribution in [0.2, 0.25) is 0 Å². The van der Waals surface area contributed by atoms with Crippen LogP contribution in [0.3, 0.4) is 0 Å². The lowest BCUT2D eigenvalue weighted by atomic mass is 9.97. The van der Waals surface area contributed by atoms with Crippen LogP contribution in [-0.2, 0) is 20.5 Å². The number of imide groups is 1. The molecule has 1 aromatic carbocycles. The smallest absolute Gasteiger partial charge is 0.422 e. The largest absolute Gasteiger partial charge is 0.443 e. The van der Waals surface area contributed by atoms with Crippen molar-refractivity contribution in [3.05, 3.63) is 35.4 Å². The highest BCUT2D eigenvalue weighted by molar-refractivity contribution is 7.84. The first-order valence-corrected chi connectivity index (χ1v) is 11.1. The molecule has 1 aromatic rings. The van der Waals surface area contributed by atoms with Crippen LogP contribution in [0.15, 0.2) is 29.8 Å². The number of para-hydroxylation sites is 1. The molecule has 0 aromatic heterocycles. The fourth-order valence-corrected chi connectivity index (χ4v) is 3.86. The summed E-state index contributed by atoms with van der Waals surface area (Å²) in [5.74, 6) is -0.627. The quantitative estimate of drug-likeness (QED) is 0.645. The highest BCUT2D eigenvalue weighted by atomic mass is 32.2. The minimum atomic E-state index is -2.80. The van der Waals surface area contributed by atoms with E-state index >= 15 is 0 Å². The number of hydrogen-bond donors (Lipinski definition) is 1. The summed E-state index contributed by atoms with van der Waals surface area (Å²) in [6.45, 7) is 11.7. The molecular formula is C22H30F2N2O4S. The normalized spacial score (nSPS) is 18.1. The Bertz CT molecular complexity index is 917. The number of carbonyl (C=O) groups is 2. The van der Waals surface area contributed by atoms with Crippen molar-refractivity contribution in [3.8, 4) is 0 Å². The van der Waals surface area contributed by atoms with Crippen LogP contribution in [0.4, 0.5) is 19.3 Å². The zero-order valence-corrected chi connectivity index (χ0v) is 19.7. The van der Waals surface area contributed by atoms with Crippen molar-refractivity contribution in [1.82, 2.24) is 4.72 Å². The number of nitrogens with zero attached hydrogens (tertiary/aromatic N) is 1. The van der Waals surface area contributed by atoms with Crippen LogP contribution in [0.5, 0.6) is 0 Å². The molecule has 1 heterocycles. The highest BCUT2D eigenvalue weighted by Gasteiger charge is 2.40. The van der Waals surface area contributed by atoms with E-state index in [9.17, 15) is 22.6 Å². The van der Waals surface area contributed by atoms with Gasteiger partial charge in [-0.05, 0) is 61.0 Å². The van der Waals surface area contributed by atoms with Gasteiger partial charge in [0.15, 0.2) is 0 Å². The summed E-state index contributed by atoms with van der Waals surface area (Å²) in [7, 11) is -1.71. The van der Waals surface area contributed by atoms with Crippen LogP contribution >= 0.6 is 0 Å². The SMILES string of the molecule is C/C(C[C@H](NS(=O)C(C)(C)C)C(F)F)=C1/C(=O)N(C(=O)OC(C)(C)C)c2ccccc21. The molecule has 2 rings (SSSR count). The Morgan fingerprint density at radius 3 is 2.26 bits per heavy atom. The van der Waals surface area contributed by atoms with E-state index in [1.807, 2.05) is 0 Å². The molecule has 1 unspecified atom stereocenters. The first kappa shape index (κ1) is 25.1. The van der Waals surface area contributed by atoms with Crippen LogP contribution in [0.1, 0.15) is 60.5 Å². The fourth-order valence-electron chi connectivity index (χ4n) is 3.05. The number of amides is 2. The molecule has 172 valence electrons. The number of halogens is 2. The van der Waals surface area contributed by atoms with E-state index in [1.165, 1.54) is 0 Å². The van der Waals surface area contributed by atoms with Crippen LogP contribution < -0.4 is 9.62 Å². The topological polar surface area (TPSA) is 75.7 Å². The highest BCUT2D eigenvalue weighted by Crippen LogP contribution is 2.40. The molecular weight excluding hydrogens is 426 g/mol. The fraction of sp³-hybridized carbons (Fsp3) is 0.545. The Morgan fingerprint density at radius 2 is 1.74 bits per heavy atom. The molecule has 0 spiro atoms. The number of fused-ring (bicyclic) bond motifs is 1. The summed E-state index contributed by atoms with van der Waals surface area (Å²) in [6, 6.07) is 5.24. The maximum absolute atomic E-state index is 13.7. The van der Waals surface area contributed by atoms with Gasteiger partial charge in [0.2, 0.25) is 0 Å². The average Bonchev–Trinajstić information content (AvgIpc) is 2.90. The van der Waals surface area contributed by atoms with Crippen molar-refractivity contribution in [2.45, 2.75) is 77.7 Å². The lowest BCUT2D eigenvalue weighted by Crippen LogP contribution is -2.43. The van der Waals surface area contributed by atoms with E-state index in [0.29, 0.717) is 16.8 Å². The van der Waals surface area contributed by atoms with Crippen molar-refractivity contribution < 1.29 is 27.3 Å². The van der Waals surface area contributed by atoms with Gasteiger partial charge in [-0.15, -0.1) is 0 Å². The number of hydrogen-bond acceptors (Lipinski definition) is 4. The molecule has 1 aliphatic rings. The Kier molecular flexibility index (Phi) is 7.43. The molecule has 6 nitrogen and oxygen atoms in total. The molecule has 0 radical (unpaired) electrons. The molecule has 1 aliphatic heterocycles. The minimum absolute atomic E-state index is 0.176. The maximum atomic E-state index is 13.7. The van der Waals surface area contributed by atoms with Crippen molar-refractivity contribution in [3.63, 3.8) is 0 Å². The molecule has 31 heavy (non-hydrogen) atoms. The standard InChI is InChI=1S/C22H30F2N2O4S/c1-13(12-15(18(23)24)25-31(29)22(5,6)7)17-14-10-8-9-11-16(14)26(19(17)27)20(28)30-21(2,3)4/h8-11,15,18,25H,12H2,1-7H3/b17-13-/t15-,31?/m0/s1. The van der Waals surface area contributed by atoms with Crippen molar-refractivity contribution in [1.29, 1.82) is 0 Å². The first-order valence-electron chi connectivity index (χ1n) is 9.96. The monoisotopic (exact) mass is 456 g/mol. The third-order valence-electron chi connectivity index (χ3n) is 4.48. The van der Waals surface area contributed by atoms with Gasteiger partial charge in [0.05, 0.1) is 27.5 Å². The molecule has 0 bridgehead atoms. The summed E-state index contributed by atoms with van der Waals surface area (Å²) < 4.78 is 46.8. The molecule has 2 amide bonds. The van der Waals surface area contributed by atoms with Crippen LogP contribution in [0, 0.1) is 0 Å². The molecule has 0 aliphatic carbocycles. The Hall–Kier alpha value is -2.13. The number of anilines is 1. The predicted molar refractivity (Wildman–Crippen MR) is 118 cm³/mol. The number of nitrogens with one attached hydrogen (secondary N) is 1. The van der Waals surface area contributed by atoms with Crippen molar-refractivity contribution in [2.24, 2.45) is 0 Å². The van der Waals surface area contributed by atoms with Gasteiger partial charge >= 0.3 is 6.09 Å². The lowest BCUT2D eigenvalue weighted by Gasteiger charge is -2.24. The van der Waals surface area contributed by atoms with E-state index in [-0.39, 0.29) is 12.0 Å². The molecule has 2 atom stereocenters. The second-order valence-electron chi connectivity index (χ2n) is 9.44. The molecule has 0 fully saturated rings. The van der Waals surface area contributed by atoms with Gasteiger partial charge in [-0.1, -0.05) is 23.8 Å². The molecule has 9 heteroatoms. The third-order valence-corrected chi connectivity index (χ3v) is 6.11. The maximum Gasteiger partial charge on any atom is 0.422 e. The van der Waals surface area contributed by atoms with Gasteiger partial charge in [-0.2, -0.15) is 0 Å². The second kappa shape index (κ2) is 9.16. The summed E-state index contributed by atoms with van der Waals surface area (Å²) in [5.41, 5.74) is 0.551. The van der Waals surface area contributed by atoms with Crippen LogP contribution in [-0.4, -0.2) is 39.0 Å². The van der Waals surface area contributed by atoms with Gasteiger partial charge in [0, 0.05) is 11.1 Å². The zero-order valence-electron chi connectivity index (χ0n) is 18.9. The summed E-state index contributed by atoms with van der Waals surface area (Å²) >= 11 is 0. The van der Waals surface area contributed by atoms with E-state index in [4.69, 9.17) is 4.74 Å². The Balaban J connectivity index is 2.42. The molecule has 0 saturated heterocycles. The Morgan fingerprint density at radius 1 is 1.16 bits per heavy atom. The summed E-state index contributed by atoms with van der Waals surface area (Å²) in [6.07, 6.45) is -3.84. The minimum Gasteiger partial charge on any atom is -0.443 e. The number of benzene rings is 1. The number of alkyl halides is 2. The zero-order chi connectivity index (χ0) is 23.7. The molecule has 0 saturated carbocycles. The van der Waals surface area contributed by atoms with Gasteiger partial charge < -0.3 is 4.74 Å². The second-order valence-corrected chi connectivity index (χ2v) is 11.4. The van der Waals surface area contributed by atoms with Gasteiger partial charge in [0.1, 0.15) is 5.60 Å². The van der Waals surface area contributed by atoms with Gasteiger partial charge in [-0.25, -0.2) is 27.4 Å². The van der Waals surface area contributed by atoms with E-state index in [2.05, 4.69) is 4.72 Å². The lowest BCUT2D eigenvalue weighted by molar-refractivity contribution is -0.112. The van der Waals surface area contributed by atoms with Gasteiger partial charge in [-0.3, -0.25) is 4.79 Å². The molecule has 1 N–H and O–H groups in total. The van der Waals surface area contributed by atoms with Gasteiger partial charge in [0.25, 0.3) is 12.3 Å². The van der Waals surface area contributed by atoms with Crippen molar-refractivity contribution >= 4 is 34.2 Å². The third kappa shape index (κ3) is 5.98. The number of ether oxygens (including phenoxy) is 1. The van der Waals surface area contributed by atoms with E-state index < -0.39 is 45.8 Å². The van der Waals surface area contributed by atoms with E-state index in [0.717, 1.165) is 4.90 Å². The van der Waals surface area contributed by atoms with Crippen LogP contribution in [0.25, 0.3) is 5.57 Å². The Labute approximate surface area is 184 Å². The number of carbonyl (C=O) groups excluding carboxylic acids is 2. The average molecular weight is 457 g/mol. The summed E-state index contributed by atoms with van der Waals surface area (Å²) in [5, 5.41) is 0. The predicted octanol–water partition coefficient (Wildman–Crippen LogP) is 4.82. The van der Waals surface area contributed by atoms with E-state index in [1.54, 1.807) is 72.7 Å². The summed E-state index contributed by atoms with van der Waals surface area (Å²) in [4.78, 5) is 26.8. The van der Waals surface area contributed by atoms with Crippen molar-refractivity contribution in [2.75, 3.05) is 4.90 Å². The first-order chi connectivity index (χ1) is 14.1. The number of rotatable bonds is 5.